The minimum atomic E-state index is -0.527. The van der Waals surface area contributed by atoms with E-state index in [9.17, 15) is 4.79 Å². The molecular formula is C29H29ClFN5O3. The molecule has 0 spiro atoms. The number of carbonyl (C=O) groups excluding carboxylic acids is 1. The van der Waals surface area contributed by atoms with Crippen molar-refractivity contribution in [2.75, 3.05) is 18.5 Å². The number of nitrogens with one attached hydrogen (secondary N) is 1. The van der Waals surface area contributed by atoms with Crippen LogP contribution in [0.5, 0.6) is 0 Å². The monoisotopic (exact) mass is 549 g/mol. The standard InChI is InChI=1S/C29H29ClFN5O3/c1-16-6-7-32-12-20(16)19-9-17-10-23(33-13-21(17)27(30)28(19)31)35-29(37)26-22(15-39-24-5-3-4-8-38-24)25(26)18-11-34-36(2)14-18/h6-7,9-14,22,24-26H,3-5,8,15H2,1-2H3,(H,33,35,37). The van der Waals surface area contributed by atoms with Gasteiger partial charge in [-0.1, -0.05) is 11.6 Å². The topological polar surface area (TPSA) is 91.2 Å². The van der Waals surface area contributed by atoms with Gasteiger partial charge in [-0.3, -0.25) is 14.5 Å². The van der Waals surface area contributed by atoms with Crippen LogP contribution in [0.3, 0.4) is 0 Å². The summed E-state index contributed by atoms with van der Waals surface area (Å²) in [6, 6.07) is 5.25. The van der Waals surface area contributed by atoms with Gasteiger partial charge in [0, 0.05) is 66.8 Å². The second-order valence-corrected chi connectivity index (χ2v) is 10.7. The van der Waals surface area contributed by atoms with Crippen LogP contribution < -0.4 is 5.32 Å². The first-order chi connectivity index (χ1) is 18.9. The van der Waals surface area contributed by atoms with Crippen LogP contribution in [-0.4, -0.2) is 45.2 Å². The number of pyridine rings is 2. The summed E-state index contributed by atoms with van der Waals surface area (Å²) in [6.45, 7) is 3.02. The van der Waals surface area contributed by atoms with Crippen LogP contribution in [0, 0.1) is 24.6 Å². The molecule has 1 aliphatic carbocycles. The van der Waals surface area contributed by atoms with Crippen molar-refractivity contribution in [3.63, 3.8) is 0 Å². The number of nitrogens with zero attached hydrogens (tertiary/aromatic N) is 4. The van der Waals surface area contributed by atoms with Gasteiger partial charge in [0.1, 0.15) is 11.6 Å². The molecule has 4 unspecified atom stereocenters. The fraction of sp³-hybridized carbons (Fsp3) is 0.379. The molecule has 4 heterocycles. The van der Waals surface area contributed by atoms with E-state index in [-0.39, 0.29) is 35.0 Å². The second kappa shape index (κ2) is 10.6. The number of amides is 1. The first kappa shape index (κ1) is 25.9. The predicted octanol–water partition coefficient (Wildman–Crippen LogP) is 5.64. The highest BCUT2D eigenvalue weighted by Gasteiger charge is 2.56. The highest BCUT2D eigenvalue weighted by atomic mass is 35.5. The number of ether oxygens (including phenoxy) is 2. The lowest BCUT2D eigenvalue weighted by atomic mass is 9.99. The molecular weight excluding hydrogens is 521 g/mol. The van der Waals surface area contributed by atoms with Gasteiger partial charge >= 0.3 is 0 Å². The molecule has 1 aliphatic heterocycles. The Morgan fingerprint density at radius 1 is 1.26 bits per heavy atom. The average molecular weight is 550 g/mol. The van der Waals surface area contributed by atoms with E-state index >= 15 is 4.39 Å². The molecule has 4 atom stereocenters. The summed E-state index contributed by atoms with van der Waals surface area (Å²) in [5.74, 6) is -0.599. The molecule has 1 saturated heterocycles. The molecule has 8 nitrogen and oxygen atoms in total. The molecule has 39 heavy (non-hydrogen) atoms. The van der Waals surface area contributed by atoms with Crippen LogP contribution in [0.4, 0.5) is 10.2 Å². The zero-order chi connectivity index (χ0) is 27.1. The summed E-state index contributed by atoms with van der Waals surface area (Å²) in [4.78, 5) is 22.0. The zero-order valence-electron chi connectivity index (χ0n) is 21.7. The maximum atomic E-state index is 15.2. The SMILES string of the molecule is Cc1ccncc1-c1cc2cc(NC(=O)C3C(COC4CCCCO4)C3c3cnn(C)c3)ncc2c(Cl)c1F. The Bertz CT molecular complexity index is 1540. The van der Waals surface area contributed by atoms with Gasteiger partial charge in [0.05, 0.1) is 23.7 Å². The van der Waals surface area contributed by atoms with Crippen molar-refractivity contribution >= 4 is 34.1 Å². The van der Waals surface area contributed by atoms with Crippen LogP contribution in [-0.2, 0) is 21.3 Å². The lowest BCUT2D eigenvalue weighted by molar-refractivity contribution is -0.165. The molecule has 1 amide bonds. The fourth-order valence-corrected chi connectivity index (χ4v) is 5.78. The minimum absolute atomic E-state index is 0.00359. The number of aromatic nitrogens is 4. The van der Waals surface area contributed by atoms with E-state index in [1.807, 2.05) is 26.2 Å². The van der Waals surface area contributed by atoms with E-state index in [2.05, 4.69) is 20.4 Å². The quantitative estimate of drug-likeness (QED) is 0.321. The maximum Gasteiger partial charge on any atom is 0.229 e. The molecule has 1 N–H and O–H groups in total. The molecule has 4 aromatic rings. The third kappa shape index (κ3) is 5.14. The number of rotatable bonds is 7. The Morgan fingerprint density at radius 3 is 2.87 bits per heavy atom. The van der Waals surface area contributed by atoms with Gasteiger partial charge in [-0.25, -0.2) is 9.37 Å². The summed E-state index contributed by atoms with van der Waals surface area (Å²) in [5.41, 5.74) is 2.89. The number of anilines is 1. The van der Waals surface area contributed by atoms with Gasteiger partial charge in [0.25, 0.3) is 0 Å². The van der Waals surface area contributed by atoms with Gasteiger partial charge in [0.15, 0.2) is 6.29 Å². The average Bonchev–Trinajstić information content (AvgIpc) is 3.51. The lowest BCUT2D eigenvalue weighted by Gasteiger charge is -2.22. The van der Waals surface area contributed by atoms with Gasteiger partial charge < -0.3 is 14.8 Å². The Hall–Kier alpha value is -3.40. The Kier molecular flexibility index (Phi) is 7.05. The largest absolute Gasteiger partial charge is 0.353 e. The first-order valence-corrected chi connectivity index (χ1v) is 13.5. The van der Waals surface area contributed by atoms with Crippen molar-refractivity contribution in [2.45, 2.75) is 38.4 Å². The maximum absolute atomic E-state index is 15.2. The van der Waals surface area contributed by atoms with Gasteiger partial charge in [0.2, 0.25) is 5.91 Å². The van der Waals surface area contributed by atoms with E-state index in [0.29, 0.717) is 40.9 Å². The summed E-state index contributed by atoms with van der Waals surface area (Å²) in [7, 11) is 1.86. The molecule has 3 aromatic heterocycles. The predicted molar refractivity (Wildman–Crippen MR) is 146 cm³/mol. The van der Waals surface area contributed by atoms with Crippen LogP contribution in [0.15, 0.2) is 49.2 Å². The second-order valence-electron chi connectivity index (χ2n) is 10.3. The number of benzene rings is 1. The van der Waals surface area contributed by atoms with E-state index in [1.54, 1.807) is 35.4 Å². The summed E-state index contributed by atoms with van der Waals surface area (Å²) >= 11 is 6.40. The van der Waals surface area contributed by atoms with Crippen molar-refractivity contribution < 1.29 is 18.7 Å². The minimum Gasteiger partial charge on any atom is -0.353 e. The Morgan fingerprint density at radius 2 is 2.13 bits per heavy atom. The van der Waals surface area contributed by atoms with Gasteiger partial charge in [-0.2, -0.15) is 5.10 Å². The third-order valence-electron chi connectivity index (χ3n) is 7.68. The third-order valence-corrected chi connectivity index (χ3v) is 8.05. The van der Waals surface area contributed by atoms with Gasteiger partial charge in [-0.15, -0.1) is 0 Å². The number of fused-ring (bicyclic) bond motifs is 1. The number of hydrogen-bond acceptors (Lipinski definition) is 6. The Labute approximate surface area is 230 Å². The van der Waals surface area contributed by atoms with E-state index in [4.69, 9.17) is 21.1 Å². The van der Waals surface area contributed by atoms with E-state index < -0.39 is 5.82 Å². The van der Waals surface area contributed by atoms with Crippen molar-refractivity contribution in [3.8, 4) is 11.1 Å². The summed E-state index contributed by atoms with van der Waals surface area (Å²) in [5, 5.41) is 8.37. The smallest absolute Gasteiger partial charge is 0.229 e. The van der Waals surface area contributed by atoms with Crippen LogP contribution in [0.2, 0.25) is 5.02 Å². The number of halogens is 2. The number of hydrogen-bond donors (Lipinski definition) is 1. The highest BCUT2D eigenvalue weighted by Crippen LogP contribution is 2.54. The van der Waals surface area contributed by atoms with Crippen molar-refractivity contribution in [2.24, 2.45) is 18.9 Å². The van der Waals surface area contributed by atoms with E-state index in [0.717, 1.165) is 30.4 Å². The molecule has 10 heteroatoms. The molecule has 0 radical (unpaired) electrons. The number of carbonyl (C=O) groups is 1. The molecule has 202 valence electrons. The molecule has 2 aliphatic rings. The fourth-order valence-electron chi connectivity index (χ4n) is 5.52. The van der Waals surface area contributed by atoms with Gasteiger partial charge in [-0.05, 0) is 60.9 Å². The zero-order valence-corrected chi connectivity index (χ0v) is 22.5. The van der Waals surface area contributed by atoms with Crippen molar-refractivity contribution in [1.82, 2.24) is 19.7 Å². The molecule has 1 aromatic carbocycles. The summed E-state index contributed by atoms with van der Waals surface area (Å²) in [6.07, 6.45) is 11.3. The van der Waals surface area contributed by atoms with Crippen LogP contribution in [0.1, 0.15) is 36.3 Å². The number of aryl methyl sites for hydroxylation is 2. The van der Waals surface area contributed by atoms with E-state index in [1.165, 1.54) is 6.20 Å². The van der Waals surface area contributed by atoms with Crippen LogP contribution in [0.25, 0.3) is 21.9 Å². The molecule has 2 fully saturated rings. The molecule has 6 rings (SSSR count). The first-order valence-electron chi connectivity index (χ1n) is 13.1. The normalized spacial score (nSPS) is 22.7. The Balaban J connectivity index is 1.24. The van der Waals surface area contributed by atoms with Crippen molar-refractivity contribution in [1.29, 1.82) is 0 Å². The molecule has 0 bridgehead atoms. The van der Waals surface area contributed by atoms with Crippen molar-refractivity contribution in [3.05, 3.63) is 71.2 Å². The lowest BCUT2D eigenvalue weighted by Crippen LogP contribution is -2.24. The highest BCUT2D eigenvalue weighted by molar-refractivity contribution is 6.36. The van der Waals surface area contributed by atoms with Crippen LogP contribution >= 0.6 is 11.6 Å². The molecule has 1 saturated carbocycles. The summed E-state index contributed by atoms with van der Waals surface area (Å²) < 4.78 is 28.7.